The van der Waals surface area contributed by atoms with E-state index in [2.05, 4.69) is 27.6 Å². The highest BCUT2D eigenvalue weighted by Crippen LogP contribution is 2.38. The molecule has 2 aliphatic rings. The number of carbonyl (C=O) groups excluding carboxylic acids is 1. The third-order valence-corrected chi connectivity index (χ3v) is 5.58. The first-order valence-electron chi connectivity index (χ1n) is 9.93. The van der Waals surface area contributed by atoms with Crippen LogP contribution in [0.1, 0.15) is 54.7 Å². The smallest absolute Gasteiger partial charge is 0.272 e. The van der Waals surface area contributed by atoms with Crippen molar-refractivity contribution in [2.24, 2.45) is 0 Å². The van der Waals surface area contributed by atoms with Gasteiger partial charge in [0.05, 0.1) is 17.8 Å². The summed E-state index contributed by atoms with van der Waals surface area (Å²) in [5.74, 6) is 0.666. The first kappa shape index (κ1) is 17.9. The lowest BCUT2D eigenvalue weighted by atomic mass is 10.0. The minimum Gasteiger partial charge on any atom is -0.491 e. The molecule has 2 bridgehead atoms. The van der Waals surface area contributed by atoms with Crippen LogP contribution in [-0.2, 0) is 0 Å². The van der Waals surface area contributed by atoms with Crippen molar-refractivity contribution in [2.75, 3.05) is 11.9 Å². The number of imidazole rings is 1. The molecule has 3 aromatic rings. The van der Waals surface area contributed by atoms with Gasteiger partial charge in [-0.15, -0.1) is 5.10 Å². The zero-order chi connectivity index (χ0) is 20.0. The van der Waals surface area contributed by atoms with Crippen LogP contribution in [0.4, 0.5) is 10.2 Å². The molecule has 1 fully saturated rings. The second kappa shape index (κ2) is 6.72. The zero-order valence-corrected chi connectivity index (χ0v) is 16.1. The third-order valence-electron chi connectivity index (χ3n) is 5.58. The Balaban J connectivity index is 1.64. The molecule has 0 saturated heterocycles. The Hall–Kier alpha value is -3.16. The maximum Gasteiger partial charge on any atom is 0.272 e. The fraction of sp³-hybridized carbons (Fsp3) is 0.381. The van der Waals surface area contributed by atoms with Gasteiger partial charge in [0.2, 0.25) is 0 Å². The van der Waals surface area contributed by atoms with E-state index in [1.54, 1.807) is 10.6 Å². The lowest BCUT2D eigenvalue weighted by Gasteiger charge is -2.23. The highest BCUT2D eigenvalue weighted by atomic mass is 19.1. The molecule has 3 heterocycles. The Kier molecular flexibility index (Phi) is 4.15. The fourth-order valence-electron chi connectivity index (χ4n) is 3.78. The average Bonchev–Trinajstić information content (AvgIpc) is 3.33. The topological polar surface area (TPSA) is 80.5 Å². The second-order valence-electron chi connectivity index (χ2n) is 7.82. The molecule has 0 unspecified atom stereocenters. The molecule has 29 heavy (non-hydrogen) atoms. The van der Waals surface area contributed by atoms with Crippen LogP contribution in [0.5, 0.6) is 5.75 Å². The summed E-state index contributed by atoms with van der Waals surface area (Å²) in [6, 6.07) is 8.03. The SMILES string of the molecule is CCC[C@H]1Nc2ccc3ncc(n3n2)C(=O)NC2(CC2)COc2ccc(F)cc21. The largest absolute Gasteiger partial charge is 0.491 e. The van der Waals surface area contributed by atoms with Gasteiger partial charge in [-0.25, -0.2) is 13.9 Å². The number of aromatic nitrogens is 3. The highest BCUT2D eigenvalue weighted by Gasteiger charge is 2.46. The van der Waals surface area contributed by atoms with E-state index in [1.165, 1.54) is 18.3 Å². The standard InChI is InChI=1S/C21H22FN5O2/c1-2-3-15-14-10-13(22)4-5-17(14)29-12-21(8-9-21)25-20(28)16-11-23-19-7-6-18(24-15)26-27(16)19/h4-7,10-11,15H,2-3,8-9,12H2,1H3,(H,24,26)(H,25,28)/t15-/m1/s1. The van der Waals surface area contributed by atoms with Crippen molar-refractivity contribution in [1.29, 1.82) is 0 Å². The summed E-state index contributed by atoms with van der Waals surface area (Å²) in [4.78, 5) is 17.2. The summed E-state index contributed by atoms with van der Waals surface area (Å²) < 4.78 is 21.7. The van der Waals surface area contributed by atoms with Crippen LogP contribution in [0, 0.1) is 5.82 Å². The van der Waals surface area contributed by atoms with Crippen molar-refractivity contribution in [1.82, 2.24) is 19.9 Å². The van der Waals surface area contributed by atoms with Gasteiger partial charge in [0, 0.05) is 5.56 Å². The van der Waals surface area contributed by atoms with Gasteiger partial charge >= 0.3 is 0 Å². The molecule has 150 valence electrons. The van der Waals surface area contributed by atoms with Gasteiger partial charge in [0.25, 0.3) is 5.91 Å². The minimum atomic E-state index is -0.410. The van der Waals surface area contributed by atoms with Gasteiger partial charge < -0.3 is 15.4 Å². The van der Waals surface area contributed by atoms with Gasteiger partial charge in [0.15, 0.2) is 11.3 Å². The van der Waals surface area contributed by atoms with Crippen LogP contribution in [0.3, 0.4) is 0 Å². The van der Waals surface area contributed by atoms with Gasteiger partial charge in [-0.05, 0) is 49.6 Å². The van der Waals surface area contributed by atoms with E-state index in [-0.39, 0.29) is 17.8 Å². The number of anilines is 1. The predicted octanol–water partition coefficient (Wildman–Crippen LogP) is 3.48. The molecule has 1 aliphatic heterocycles. The molecule has 8 heteroatoms. The molecule has 2 aromatic heterocycles. The van der Waals surface area contributed by atoms with E-state index >= 15 is 0 Å². The van der Waals surface area contributed by atoms with Crippen molar-refractivity contribution in [3.8, 4) is 5.75 Å². The second-order valence-corrected chi connectivity index (χ2v) is 7.82. The molecule has 1 spiro atoms. The summed E-state index contributed by atoms with van der Waals surface area (Å²) in [5.41, 5.74) is 1.31. The van der Waals surface area contributed by atoms with E-state index < -0.39 is 5.54 Å². The Morgan fingerprint density at radius 3 is 2.97 bits per heavy atom. The van der Waals surface area contributed by atoms with E-state index in [9.17, 15) is 9.18 Å². The van der Waals surface area contributed by atoms with Crippen LogP contribution in [-0.4, -0.2) is 32.7 Å². The Morgan fingerprint density at radius 1 is 1.31 bits per heavy atom. The number of hydrogen-bond acceptors (Lipinski definition) is 5. The van der Waals surface area contributed by atoms with Crippen LogP contribution in [0.25, 0.3) is 5.65 Å². The molecule has 1 atom stereocenters. The van der Waals surface area contributed by atoms with Crippen LogP contribution >= 0.6 is 0 Å². The Bertz CT molecular complexity index is 1090. The van der Waals surface area contributed by atoms with Crippen molar-refractivity contribution in [3.63, 3.8) is 0 Å². The quantitative estimate of drug-likeness (QED) is 0.694. The maximum atomic E-state index is 14.1. The number of amides is 1. The lowest BCUT2D eigenvalue weighted by Crippen LogP contribution is -2.41. The molecular weight excluding hydrogens is 373 g/mol. The summed E-state index contributed by atoms with van der Waals surface area (Å²) in [6.45, 7) is 2.41. The van der Waals surface area contributed by atoms with Crippen molar-refractivity contribution >= 4 is 17.4 Å². The number of fused-ring (bicyclic) bond motifs is 2. The predicted molar refractivity (Wildman–Crippen MR) is 106 cm³/mol. The van der Waals surface area contributed by atoms with E-state index in [0.29, 0.717) is 29.5 Å². The van der Waals surface area contributed by atoms with Crippen molar-refractivity contribution in [3.05, 3.63) is 53.6 Å². The zero-order valence-electron chi connectivity index (χ0n) is 16.1. The first-order chi connectivity index (χ1) is 14.1. The van der Waals surface area contributed by atoms with Gasteiger partial charge in [-0.1, -0.05) is 13.3 Å². The summed E-state index contributed by atoms with van der Waals surface area (Å²) in [5, 5.41) is 11.0. The maximum absolute atomic E-state index is 14.1. The third kappa shape index (κ3) is 3.28. The number of nitrogens with one attached hydrogen (secondary N) is 2. The molecule has 5 rings (SSSR count). The monoisotopic (exact) mass is 395 g/mol. The lowest BCUT2D eigenvalue weighted by molar-refractivity contribution is 0.0905. The van der Waals surface area contributed by atoms with Crippen molar-refractivity contribution < 1.29 is 13.9 Å². The average molecular weight is 395 g/mol. The molecule has 1 saturated carbocycles. The normalized spacial score (nSPS) is 20.1. The highest BCUT2D eigenvalue weighted by molar-refractivity contribution is 5.94. The summed E-state index contributed by atoms with van der Waals surface area (Å²) in [7, 11) is 0. The number of halogens is 1. The first-order valence-corrected chi connectivity index (χ1v) is 9.93. The molecule has 1 aromatic carbocycles. The number of ether oxygens (including phenoxy) is 1. The Labute approximate surface area is 167 Å². The van der Waals surface area contributed by atoms with Gasteiger partial charge in [-0.3, -0.25) is 4.79 Å². The fourth-order valence-corrected chi connectivity index (χ4v) is 3.78. The molecule has 0 radical (unpaired) electrons. The molecule has 7 nitrogen and oxygen atoms in total. The minimum absolute atomic E-state index is 0.179. The molecule has 1 amide bonds. The van der Waals surface area contributed by atoms with E-state index in [0.717, 1.165) is 31.2 Å². The van der Waals surface area contributed by atoms with Crippen LogP contribution in [0.15, 0.2) is 36.5 Å². The van der Waals surface area contributed by atoms with Gasteiger partial charge in [0.1, 0.15) is 24.0 Å². The molecular formula is C21H22FN5O2. The van der Waals surface area contributed by atoms with Crippen molar-refractivity contribution in [2.45, 2.75) is 44.2 Å². The van der Waals surface area contributed by atoms with Crippen LogP contribution in [0.2, 0.25) is 0 Å². The Morgan fingerprint density at radius 2 is 2.17 bits per heavy atom. The van der Waals surface area contributed by atoms with Gasteiger partial charge in [-0.2, -0.15) is 0 Å². The number of carbonyl (C=O) groups is 1. The number of hydrogen-bond donors (Lipinski definition) is 2. The van der Waals surface area contributed by atoms with E-state index in [1.807, 2.05) is 12.1 Å². The number of rotatable bonds is 2. The van der Waals surface area contributed by atoms with Crippen LogP contribution < -0.4 is 15.4 Å². The summed E-state index contributed by atoms with van der Waals surface area (Å²) in [6.07, 6.45) is 4.88. The number of benzene rings is 1. The molecule has 1 aliphatic carbocycles. The van der Waals surface area contributed by atoms with E-state index in [4.69, 9.17) is 4.74 Å². The number of nitrogens with zero attached hydrogens (tertiary/aromatic N) is 3. The molecule has 2 N–H and O–H groups in total. The summed E-state index contributed by atoms with van der Waals surface area (Å²) >= 11 is 0.